The smallest absolute Gasteiger partial charge is 0.221 e. The normalized spacial score (nSPS) is 12.2. The maximum Gasteiger partial charge on any atom is 0.221 e. The molecule has 1 aromatic rings. The summed E-state index contributed by atoms with van der Waals surface area (Å²) >= 11 is 0. The highest BCUT2D eigenvalue weighted by atomic mass is 32.2. The number of carbonyl (C=O) groups excluding carboxylic acids is 1. The molecule has 0 unspecified atom stereocenters. The molecule has 4 nitrogen and oxygen atoms in total. The predicted molar refractivity (Wildman–Crippen MR) is 76.7 cm³/mol. The zero-order chi connectivity index (χ0) is 14.7. The molecule has 0 aliphatic carbocycles. The molecule has 0 bridgehead atoms. The first-order chi connectivity index (χ1) is 8.60. The van der Waals surface area contributed by atoms with Crippen LogP contribution in [-0.2, 0) is 20.2 Å². The van der Waals surface area contributed by atoms with Crippen molar-refractivity contribution in [3.05, 3.63) is 35.4 Å². The Bertz CT molecular complexity index is 562. The van der Waals surface area contributed by atoms with Gasteiger partial charge in [-0.15, -0.1) is 0 Å². The summed E-state index contributed by atoms with van der Waals surface area (Å²) < 4.78 is 22.1. The Morgan fingerprint density at radius 3 is 2.47 bits per heavy atom. The molecule has 19 heavy (non-hydrogen) atoms. The summed E-state index contributed by atoms with van der Waals surface area (Å²) in [6.07, 6.45) is 1.13. The molecular weight excluding hydrogens is 262 g/mol. The number of hydrogen-bond donors (Lipinski definition) is 1. The Kier molecular flexibility index (Phi) is 4.74. The van der Waals surface area contributed by atoms with E-state index in [0.29, 0.717) is 0 Å². The largest absolute Gasteiger partial charge is 0.347 e. The number of amides is 1. The zero-order valence-electron chi connectivity index (χ0n) is 11.9. The van der Waals surface area contributed by atoms with Crippen molar-refractivity contribution in [2.45, 2.75) is 32.7 Å². The van der Waals surface area contributed by atoms with Crippen molar-refractivity contribution in [1.82, 2.24) is 5.32 Å². The lowest BCUT2D eigenvalue weighted by Gasteiger charge is -2.27. The van der Waals surface area contributed by atoms with Crippen molar-refractivity contribution in [2.24, 2.45) is 0 Å². The van der Waals surface area contributed by atoms with Crippen molar-refractivity contribution >= 4 is 15.7 Å². The van der Waals surface area contributed by atoms with E-state index in [9.17, 15) is 13.2 Å². The van der Waals surface area contributed by atoms with Crippen LogP contribution in [0.4, 0.5) is 0 Å². The van der Waals surface area contributed by atoms with Crippen LogP contribution in [0.5, 0.6) is 0 Å². The Balaban J connectivity index is 2.72. The van der Waals surface area contributed by atoms with Crippen LogP contribution in [0.2, 0.25) is 0 Å². The average molecular weight is 283 g/mol. The van der Waals surface area contributed by atoms with Crippen LogP contribution < -0.4 is 5.32 Å². The van der Waals surface area contributed by atoms with Gasteiger partial charge >= 0.3 is 0 Å². The van der Waals surface area contributed by atoms with E-state index >= 15 is 0 Å². The van der Waals surface area contributed by atoms with Gasteiger partial charge in [0.15, 0.2) is 0 Å². The summed E-state index contributed by atoms with van der Waals surface area (Å²) in [6.45, 7) is 5.80. The molecule has 1 aromatic carbocycles. The molecule has 0 radical (unpaired) electrons. The quantitative estimate of drug-likeness (QED) is 0.896. The van der Waals surface area contributed by atoms with E-state index in [2.05, 4.69) is 5.32 Å². The summed E-state index contributed by atoms with van der Waals surface area (Å²) in [5.74, 6) is -0.375. The van der Waals surface area contributed by atoms with Gasteiger partial charge in [0.05, 0.1) is 11.3 Å². The molecular formula is C14H21NO3S. The number of hydrogen-bond acceptors (Lipinski definition) is 3. The number of benzene rings is 1. The fourth-order valence-electron chi connectivity index (χ4n) is 1.80. The van der Waals surface area contributed by atoms with E-state index in [4.69, 9.17) is 0 Å². The molecule has 0 heterocycles. The first-order valence-corrected chi connectivity index (χ1v) is 8.22. The highest BCUT2D eigenvalue weighted by Gasteiger charge is 2.23. The minimum atomic E-state index is -3.11. The van der Waals surface area contributed by atoms with Gasteiger partial charge in [0.2, 0.25) is 5.91 Å². The van der Waals surface area contributed by atoms with Crippen LogP contribution >= 0.6 is 0 Å². The standard InChI is InChI=1S/C14H21NO3S/c1-11-6-5-7-12(10-11)14(2,3)15-13(16)8-9-19(4,17)18/h5-7,10H,8-9H2,1-4H3,(H,15,16). The molecule has 0 saturated heterocycles. The summed E-state index contributed by atoms with van der Waals surface area (Å²) in [5, 5.41) is 2.87. The average Bonchev–Trinajstić information content (AvgIpc) is 2.25. The topological polar surface area (TPSA) is 63.2 Å². The van der Waals surface area contributed by atoms with Gasteiger partial charge < -0.3 is 5.32 Å². The molecule has 1 N–H and O–H groups in total. The van der Waals surface area contributed by atoms with Crippen LogP contribution in [0.1, 0.15) is 31.4 Å². The summed E-state index contributed by atoms with van der Waals surface area (Å²) in [4.78, 5) is 11.8. The van der Waals surface area contributed by atoms with E-state index in [0.717, 1.165) is 17.4 Å². The Hall–Kier alpha value is -1.36. The SMILES string of the molecule is Cc1cccc(C(C)(C)NC(=O)CCS(C)(=O)=O)c1. The monoisotopic (exact) mass is 283 g/mol. The Labute approximate surface area is 115 Å². The van der Waals surface area contributed by atoms with Gasteiger partial charge in [-0.25, -0.2) is 8.42 Å². The molecule has 0 atom stereocenters. The molecule has 5 heteroatoms. The minimum Gasteiger partial charge on any atom is -0.347 e. The van der Waals surface area contributed by atoms with Crippen molar-refractivity contribution in [3.8, 4) is 0 Å². The van der Waals surface area contributed by atoms with E-state index in [1.165, 1.54) is 0 Å². The lowest BCUT2D eigenvalue weighted by molar-refractivity contribution is -0.122. The van der Waals surface area contributed by atoms with E-state index in [1.54, 1.807) is 0 Å². The van der Waals surface area contributed by atoms with E-state index in [-0.39, 0.29) is 18.1 Å². The predicted octanol–water partition coefficient (Wildman–Crippen LogP) is 1.78. The summed E-state index contributed by atoms with van der Waals surface area (Å²) in [5.41, 5.74) is 1.61. The lowest BCUT2D eigenvalue weighted by atomic mass is 9.93. The highest BCUT2D eigenvalue weighted by molar-refractivity contribution is 7.90. The third-order valence-corrected chi connectivity index (χ3v) is 3.84. The highest BCUT2D eigenvalue weighted by Crippen LogP contribution is 2.20. The van der Waals surface area contributed by atoms with Crippen LogP contribution in [0, 0.1) is 6.92 Å². The second kappa shape index (κ2) is 5.74. The minimum absolute atomic E-state index is 0.00587. The van der Waals surface area contributed by atoms with Crippen LogP contribution in [-0.4, -0.2) is 26.3 Å². The van der Waals surface area contributed by atoms with Crippen LogP contribution in [0.25, 0.3) is 0 Å². The molecule has 1 amide bonds. The van der Waals surface area contributed by atoms with Crippen LogP contribution in [0.15, 0.2) is 24.3 Å². The van der Waals surface area contributed by atoms with E-state index < -0.39 is 15.4 Å². The second-order valence-electron chi connectivity index (χ2n) is 5.42. The van der Waals surface area contributed by atoms with Crippen molar-refractivity contribution in [2.75, 3.05) is 12.0 Å². The van der Waals surface area contributed by atoms with Gasteiger partial charge in [0.1, 0.15) is 9.84 Å². The molecule has 1 rings (SSSR count). The molecule has 0 spiro atoms. The molecule has 0 fully saturated rings. The Morgan fingerprint density at radius 1 is 1.32 bits per heavy atom. The maximum atomic E-state index is 11.8. The van der Waals surface area contributed by atoms with Gasteiger partial charge in [0, 0.05) is 12.7 Å². The van der Waals surface area contributed by atoms with Gasteiger partial charge in [-0.1, -0.05) is 29.8 Å². The summed E-state index contributed by atoms with van der Waals surface area (Å²) in [6, 6.07) is 7.89. The fraction of sp³-hybridized carbons (Fsp3) is 0.500. The van der Waals surface area contributed by atoms with Crippen molar-refractivity contribution < 1.29 is 13.2 Å². The molecule has 0 aliphatic rings. The lowest BCUT2D eigenvalue weighted by Crippen LogP contribution is -2.41. The van der Waals surface area contributed by atoms with Crippen molar-refractivity contribution in [1.29, 1.82) is 0 Å². The number of nitrogens with one attached hydrogen (secondary N) is 1. The van der Waals surface area contributed by atoms with Crippen molar-refractivity contribution in [3.63, 3.8) is 0 Å². The first kappa shape index (κ1) is 15.7. The van der Waals surface area contributed by atoms with Gasteiger partial charge in [-0.05, 0) is 26.3 Å². The van der Waals surface area contributed by atoms with E-state index in [1.807, 2.05) is 45.0 Å². The number of rotatable bonds is 5. The molecule has 0 aliphatic heterocycles. The zero-order valence-corrected chi connectivity index (χ0v) is 12.7. The first-order valence-electron chi connectivity index (χ1n) is 6.16. The van der Waals surface area contributed by atoms with Gasteiger partial charge in [-0.3, -0.25) is 4.79 Å². The second-order valence-corrected chi connectivity index (χ2v) is 7.68. The summed E-state index contributed by atoms with van der Waals surface area (Å²) in [7, 11) is -3.11. The number of aryl methyl sites for hydroxylation is 1. The molecule has 106 valence electrons. The maximum absolute atomic E-state index is 11.8. The number of carbonyl (C=O) groups is 1. The van der Waals surface area contributed by atoms with Crippen LogP contribution in [0.3, 0.4) is 0 Å². The van der Waals surface area contributed by atoms with Gasteiger partial charge in [-0.2, -0.15) is 0 Å². The fourth-order valence-corrected chi connectivity index (χ4v) is 2.35. The number of sulfone groups is 1. The molecule has 0 aromatic heterocycles. The molecule has 0 saturated carbocycles. The van der Waals surface area contributed by atoms with Gasteiger partial charge in [0.25, 0.3) is 0 Å². The third-order valence-electron chi connectivity index (χ3n) is 2.89. The third kappa shape index (κ3) is 5.42. The Morgan fingerprint density at radius 2 is 1.95 bits per heavy atom.